The van der Waals surface area contributed by atoms with E-state index < -0.39 is 0 Å². The topological polar surface area (TPSA) is 41.5 Å². The fraction of sp³-hybridized carbons (Fsp3) is 0.250. The smallest absolute Gasteiger partial charge is 0.123 e. The van der Waals surface area contributed by atoms with Crippen LogP contribution < -0.4 is 10.1 Å². The Morgan fingerprint density at radius 1 is 1.20 bits per heavy atom. The van der Waals surface area contributed by atoms with Crippen LogP contribution in [0.3, 0.4) is 0 Å². The molecule has 0 fully saturated rings. The Morgan fingerprint density at radius 2 is 1.95 bits per heavy atom. The first-order valence-corrected chi connectivity index (χ1v) is 7.25. The Labute approximate surface area is 127 Å². The van der Waals surface area contributed by atoms with Crippen molar-refractivity contribution in [1.29, 1.82) is 0 Å². The van der Waals surface area contributed by atoms with Crippen LogP contribution in [0, 0.1) is 0 Å². The summed E-state index contributed by atoms with van der Waals surface area (Å²) < 4.78 is 6.36. The second kappa shape index (κ2) is 7.43. The molecule has 1 unspecified atom stereocenters. The van der Waals surface area contributed by atoms with Gasteiger partial charge in [-0.3, -0.25) is 0 Å². The molecule has 3 nitrogen and oxygen atoms in total. The third kappa shape index (κ3) is 3.82. The van der Waals surface area contributed by atoms with E-state index in [1.165, 1.54) is 0 Å². The van der Waals surface area contributed by atoms with Crippen molar-refractivity contribution in [2.75, 3.05) is 13.7 Å². The van der Waals surface area contributed by atoms with Crippen LogP contribution in [-0.4, -0.2) is 18.8 Å². The van der Waals surface area contributed by atoms with E-state index >= 15 is 0 Å². The van der Waals surface area contributed by atoms with Gasteiger partial charge in [-0.1, -0.05) is 46.3 Å². The van der Waals surface area contributed by atoms with Gasteiger partial charge in [0.05, 0.1) is 19.8 Å². The number of hydrogen-bond acceptors (Lipinski definition) is 3. The van der Waals surface area contributed by atoms with Crippen molar-refractivity contribution in [2.45, 2.75) is 12.6 Å². The molecular formula is C16H18BrNO2. The van der Waals surface area contributed by atoms with Crippen molar-refractivity contribution in [1.82, 2.24) is 5.32 Å². The molecule has 2 aromatic rings. The van der Waals surface area contributed by atoms with Gasteiger partial charge < -0.3 is 15.2 Å². The van der Waals surface area contributed by atoms with Crippen LogP contribution in [0.15, 0.2) is 53.0 Å². The van der Waals surface area contributed by atoms with Gasteiger partial charge in [0.15, 0.2) is 0 Å². The number of halogens is 1. The number of aliphatic hydroxyl groups excluding tert-OH is 1. The summed E-state index contributed by atoms with van der Waals surface area (Å²) in [5, 5.41) is 12.9. The molecule has 0 heterocycles. The van der Waals surface area contributed by atoms with Gasteiger partial charge in [0.25, 0.3) is 0 Å². The van der Waals surface area contributed by atoms with Crippen molar-refractivity contribution in [3.8, 4) is 5.75 Å². The van der Waals surface area contributed by atoms with Gasteiger partial charge >= 0.3 is 0 Å². The molecule has 0 amide bonds. The van der Waals surface area contributed by atoms with Crippen LogP contribution in [0.1, 0.15) is 17.2 Å². The van der Waals surface area contributed by atoms with Gasteiger partial charge in [-0.2, -0.15) is 0 Å². The summed E-state index contributed by atoms with van der Waals surface area (Å²) in [6.07, 6.45) is 0. The molecule has 0 bridgehead atoms. The minimum absolute atomic E-state index is 0.0559. The highest BCUT2D eigenvalue weighted by atomic mass is 79.9. The Bertz CT molecular complexity index is 545. The zero-order valence-corrected chi connectivity index (χ0v) is 12.9. The van der Waals surface area contributed by atoms with E-state index in [1.54, 1.807) is 7.11 Å². The lowest BCUT2D eigenvalue weighted by Crippen LogP contribution is -2.24. The van der Waals surface area contributed by atoms with Gasteiger partial charge in [0.1, 0.15) is 5.75 Å². The number of nitrogens with one attached hydrogen (secondary N) is 1. The molecule has 0 saturated heterocycles. The normalized spacial score (nSPS) is 12.2. The van der Waals surface area contributed by atoms with Gasteiger partial charge in [-0.25, -0.2) is 0 Å². The number of ether oxygens (including phenoxy) is 1. The predicted molar refractivity (Wildman–Crippen MR) is 83.8 cm³/mol. The van der Waals surface area contributed by atoms with Gasteiger partial charge in [0, 0.05) is 16.6 Å². The molecule has 4 heteroatoms. The highest BCUT2D eigenvalue weighted by Crippen LogP contribution is 2.23. The first kappa shape index (κ1) is 15.0. The Hall–Kier alpha value is -1.36. The lowest BCUT2D eigenvalue weighted by Gasteiger charge is -2.18. The van der Waals surface area contributed by atoms with Crippen molar-refractivity contribution < 1.29 is 9.84 Å². The van der Waals surface area contributed by atoms with E-state index in [0.29, 0.717) is 6.54 Å². The van der Waals surface area contributed by atoms with Crippen molar-refractivity contribution >= 4 is 15.9 Å². The van der Waals surface area contributed by atoms with Crippen molar-refractivity contribution in [3.05, 3.63) is 64.1 Å². The number of aliphatic hydroxyl groups is 1. The number of hydrogen-bond donors (Lipinski definition) is 2. The predicted octanol–water partition coefficient (Wildman–Crippen LogP) is 3.28. The van der Waals surface area contributed by atoms with Crippen molar-refractivity contribution in [3.63, 3.8) is 0 Å². The Balaban J connectivity index is 2.09. The van der Waals surface area contributed by atoms with Crippen LogP contribution in [0.4, 0.5) is 0 Å². The second-order valence-electron chi connectivity index (χ2n) is 4.48. The quantitative estimate of drug-likeness (QED) is 0.851. The lowest BCUT2D eigenvalue weighted by atomic mass is 10.1. The number of methoxy groups -OCH3 is 1. The van der Waals surface area contributed by atoms with E-state index in [4.69, 9.17) is 4.74 Å². The van der Waals surface area contributed by atoms with Gasteiger partial charge in [0.2, 0.25) is 0 Å². The molecule has 0 aliphatic heterocycles. The highest BCUT2D eigenvalue weighted by Gasteiger charge is 2.11. The molecule has 106 valence electrons. The fourth-order valence-corrected chi connectivity index (χ4v) is 2.50. The summed E-state index contributed by atoms with van der Waals surface area (Å²) in [7, 11) is 1.66. The zero-order chi connectivity index (χ0) is 14.4. The molecular weight excluding hydrogens is 318 g/mol. The van der Waals surface area contributed by atoms with Crippen LogP contribution in [0.25, 0.3) is 0 Å². The molecule has 0 aromatic heterocycles. The lowest BCUT2D eigenvalue weighted by molar-refractivity contribution is 0.243. The summed E-state index contributed by atoms with van der Waals surface area (Å²) >= 11 is 3.46. The minimum Gasteiger partial charge on any atom is -0.496 e. The Kier molecular flexibility index (Phi) is 5.59. The summed E-state index contributed by atoms with van der Waals surface area (Å²) in [5.41, 5.74) is 2.13. The maximum Gasteiger partial charge on any atom is 0.123 e. The van der Waals surface area contributed by atoms with Gasteiger partial charge in [-0.15, -0.1) is 0 Å². The molecule has 0 saturated carbocycles. The molecule has 0 spiro atoms. The largest absolute Gasteiger partial charge is 0.496 e. The van der Waals surface area contributed by atoms with E-state index in [0.717, 1.165) is 21.3 Å². The molecule has 2 rings (SSSR count). The van der Waals surface area contributed by atoms with E-state index in [1.807, 2.05) is 48.5 Å². The van der Waals surface area contributed by atoms with E-state index in [-0.39, 0.29) is 12.6 Å². The van der Waals surface area contributed by atoms with Crippen LogP contribution in [0.2, 0.25) is 0 Å². The molecule has 0 aliphatic rings. The van der Waals surface area contributed by atoms with E-state index in [2.05, 4.69) is 21.2 Å². The van der Waals surface area contributed by atoms with Crippen LogP contribution in [-0.2, 0) is 6.54 Å². The molecule has 0 aliphatic carbocycles. The molecule has 2 aromatic carbocycles. The zero-order valence-electron chi connectivity index (χ0n) is 11.3. The fourth-order valence-electron chi connectivity index (χ4n) is 2.09. The third-order valence-electron chi connectivity index (χ3n) is 3.17. The summed E-state index contributed by atoms with van der Waals surface area (Å²) in [4.78, 5) is 0. The second-order valence-corrected chi connectivity index (χ2v) is 5.40. The van der Waals surface area contributed by atoms with Crippen LogP contribution in [0.5, 0.6) is 5.75 Å². The molecule has 2 N–H and O–H groups in total. The SMILES string of the molecule is COc1ccc(Br)cc1CNC(CO)c1ccccc1. The molecule has 20 heavy (non-hydrogen) atoms. The molecule has 0 radical (unpaired) electrons. The highest BCUT2D eigenvalue weighted by molar-refractivity contribution is 9.10. The van der Waals surface area contributed by atoms with E-state index in [9.17, 15) is 5.11 Å². The number of rotatable bonds is 6. The maximum atomic E-state index is 9.54. The molecule has 1 atom stereocenters. The van der Waals surface area contributed by atoms with Crippen LogP contribution >= 0.6 is 15.9 Å². The first-order valence-electron chi connectivity index (χ1n) is 6.46. The average molecular weight is 336 g/mol. The summed E-state index contributed by atoms with van der Waals surface area (Å²) in [6.45, 7) is 0.684. The maximum absolute atomic E-state index is 9.54. The summed E-state index contributed by atoms with van der Waals surface area (Å²) in [6, 6.07) is 15.7. The van der Waals surface area contributed by atoms with Crippen molar-refractivity contribution in [2.24, 2.45) is 0 Å². The first-order chi connectivity index (χ1) is 9.74. The minimum atomic E-state index is -0.0834. The summed E-state index contributed by atoms with van der Waals surface area (Å²) in [5.74, 6) is 0.838. The third-order valence-corrected chi connectivity index (χ3v) is 3.66. The monoisotopic (exact) mass is 335 g/mol. The Morgan fingerprint density at radius 3 is 2.60 bits per heavy atom. The number of benzene rings is 2. The van der Waals surface area contributed by atoms with Gasteiger partial charge in [-0.05, 0) is 23.8 Å². The standard InChI is InChI=1S/C16H18BrNO2/c1-20-16-8-7-14(17)9-13(16)10-18-15(11-19)12-5-3-2-4-6-12/h2-9,15,18-19H,10-11H2,1H3. The average Bonchev–Trinajstić information content (AvgIpc) is 2.49.